The number of aliphatic hydroxyl groups is 1. The maximum atomic E-state index is 12.2. The Morgan fingerprint density at radius 1 is 1.37 bits per heavy atom. The van der Waals surface area contributed by atoms with Crippen LogP contribution in [0.4, 0.5) is 0 Å². The van der Waals surface area contributed by atoms with Gasteiger partial charge in [-0.2, -0.15) is 0 Å². The van der Waals surface area contributed by atoms with Crippen molar-refractivity contribution in [2.75, 3.05) is 6.54 Å². The average molecular weight is 260 g/mol. The first-order valence-electron chi connectivity index (χ1n) is 7.03. The molecule has 3 N–H and O–H groups in total. The van der Waals surface area contributed by atoms with Gasteiger partial charge in [-0.25, -0.2) is 0 Å². The molecule has 0 spiro atoms. The van der Waals surface area contributed by atoms with Gasteiger partial charge in [0.25, 0.3) is 0 Å². The Balaban J connectivity index is 1.69. The van der Waals surface area contributed by atoms with Crippen molar-refractivity contribution >= 4 is 5.91 Å². The van der Waals surface area contributed by atoms with Crippen LogP contribution >= 0.6 is 0 Å². The van der Waals surface area contributed by atoms with Gasteiger partial charge in [0.05, 0.1) is 18.2 Å². The summed E-state index contributed by atoms with van der Waals surface area (Å²) in [4.78, 5) is 12.2. The van der Waals surface area contributed by atoms with Gasteiger partial charge >= 0.3 is 0 Å². The number of hydrogen-bond acceptors (Lipinski definition) is 3. The molecule has 0 radical (unpaired) electrons. The van der Waals surface area contributed by atoms with Crippen molar-refractivity contribution < 1.29 is 9.90 Å². The first kappa shape index (κ1) is 12.6. The maximum absolute atomic E-state index is 12.2. The zero-order valence-corrected chi connectivity index (χ0v) is 10.9. The Kier molecular flexibility index (Phi) is 3.53. The van der Waals surface area contributed by atoms with Crippen LogP contribution in [0.1, 0.15) is 36.4 Å². The molecule has 0 bridgehead atoms. The van der Waals surface area contributed by atoms with Gasteiger partial charge in [0.2, 0.25) is 5.91 Å². The van der Waals surface area contributed by atoms with E-state index in [0.29, 0.717) is 13.0 Å². The van der Waals surface area contributed by atoms with E-state index in [1.165, 1.54) is 11.1 Å². The molecular formula is C15H20N2O2. The Morgan fingerprint density at radius 3 is 3.00 bits per heavy atom. The van der Waals surface area contributed by atoms with Gasteiger partial charge < -0.3 is 15.7 Å². The fourth-order valence-corrected chi connectivity index (χ4v) is 3.09. The number of β-amino-alcohol motifs (C(OH)–C–C–N with tert-alkyl or cyclic N) is 1. The topological polar surface area (TPSA) is 61.4 Å². The number of rotatable bonds is 2. The van der Waals surface area contributed by atoms with Gasteiger partial charge in [-0.3, -0.25) is 4.79 Å². The lowest BCUT2D eigenvalue weighted by molar-refractivity contribution is -0.123. The molecule has 1 amide bonds. The third-order valence-electron chi connectivity index (χ3n) is 4.11. The Hall–Kier alpha value is -1.39. The van der Waals surface area contributed by atoms with Crippen LogP contribution in [-0.2, 0) is 11.2 Å². The molecule has 1 aromatic rings. The van der Waals surface area contributed by atoms with Crippen LogP contribution in [0.2, 0.25) is 0 Å². The molecule has 0 saturated carbocycles. The van der Waals surface area contributed by atoms with Crippen LogP contribution in [0.3, 0.4) is 0 Å². The largest absolute Gasteiger partial charge is 0.392 e. The molecule has 4 heteroatoms. The molecular weight excluding hydrogens is 240 g/mol. The molecule has 1 saturated heterocycles. The molecule has 0 aromatic heterocycles. The molecule has 1 aliphatic carbocycles. The molecule has 1 fully saturated rings. The summed E-state index contributed by atoms with van der Waals surface area (Å²) in [5, 5.41) is 15.7. The molecule has 102 valence electrons. The molecule has 2 aliphatic rings. The maximum Gasteiger partial charge on any atom is 0.237 e. The van der Waals surface area contributed by atoms with Gasteiger partial charge in [-0.1, -0.05) is 24.3 Å². The average Bonchev–Trinajstić information content (AvgIpc) is 2.86. The van der Waals surface area contributed by atoms with Crippen molar-refractivity contribution in [2.45, 2.75) is 43.9 Å². The highest BCUT2D eigenvalue weighted by Gasteiger charge is 2.30. The van der Waals surface area contributed by atoms with Crippen molar-refractivity contribution in [2.24, 2.45) is 0 Å². The van der Waals surface area contributed by atoms with E-state index in [2.05, 4.69) is 28.8 Å². The summed E-state index contributed by atoms with van der Waals surface area (Å²) in [6.07, 6.45) is 3.33. The van der Waals surface area contributed by atoms with Crippen LogP contribution in [0, 0.1) is 0 Å². The third kappa shape index (κ3) is 2.65. The molecule has 1 heterocycles. The molecule has 1 aromatic carbocycles. The summed E-state index contributed by atoms with van der Waals surface area (Å²) >= 11 is 0. The second kappa shape index (κ2) is 5.31. The van der Waals surface area contributed by atoms with E-state index in [-0.39, 0.29) is 18.0 Å². The summed E-state index contributed by atoms with van der Waals surface area (Å²) in [7, 11) is 0. The normalized spacial score (nSPS) is 29.8. The van der Waals surface area contributed by atoms with Crippen LogP contribution < -0.4 is 10.6 Å². The minimum atomic E-state index is -0.394. The molecule has 1 aliphatic heterocycles. The van der Waals surface area contributed by atoms with Gasteiger partial charge in [-0.05, 0) is 36.8 Å². The van der Waals surface area contributed by atoms with Crippen LogP contribution in [0.15, 0.2) is 24.3 Å². The SMILES string of the molecule is O=C(N[C@@H]1CCCc2ccccc21)[C@@H]1C[C@H](O)CN1. The fraction of sp³-hybridized carbons (Fsp3) is 0.533. The predicted molar refractivity (Wildman–Crippen MR) is 72.7 cm³/mol. The number of aryl methyl sites for hydroxylation is 1. The standard InChI is InChI=1S/C15H20N2O2/c18-11-8-14(16-9-11)15(19)17-13-7-3-5-10-4-1-2-6-12(10)13/h1-2,4,6,11,13-14,16,18H,3,5,7-9H2,(H,17,19)/t11-,13+,14-/m0/s1. The highest BCUT2D eigenvalue weighted by molar-refractivity contribution is 5.82. The number of fused-ring (bicyclic) bond motifs is 1. The van der Waals surface area contributed by atoms with Gasteiger partial charge in [-0.15, -0.1) is 0 Å². The molecule has 4 nitrogen and oxygen atoms in total. The van der Waals surface area contributed by atoms with E-state index in [0.717, 1.165) is 19.3 Å². The van der Waals surface area contributed by atoms with E-state index in [9.17, 15) is 9.90 Å². The van der Waals surface area contributed by atoms with Crippen LogP contribution in [0.5, 0.6) is 0 Å². The molecule has 0 unspecified atom stereocenters. The zero-order chi connectivity index (χ0) is 13.2. The van der Waals surface area contributed by atoms with E-state index in [1.807, 2.05) is 6.07 Å². The Morgan fingerprint density at radius 2 is 2.21 bits per heavy atom. The van der Waals surface area contributed by atoms with Gasteiger partial charge in [0, 0.05) is 6.54 Å². The highest BCUT2D eigenvalue weighted by Crippen LogP contribution is 2.29. The molecule has 19 heavy (non-hydrogen) atoms. The summed E-state index contributed by atoms with van der Waals surface area (Å²) in [5.74, 6) is 0.0123. The van der Waals surface area contributed by atoms with E-state index >= 15 is 0 Å². The van der Waals surface area contributed by atoms with E-state index in [1.54, 1.807) is 0 Å². The number of benzene rings is 1. The van der Waals surface area contributed by atoms with Gasteiger partial charge in [0.15, 0.2) is 0 Å². The minimum Gasteiger partial charge on any atom is -0.392 e. The summed E-state index contributed by atoms with van der Waals surface area (Å²) in [6, 6.07) is 8.21. The van der Waals surface area contributed by atoms with Crippen molar-refractivity contribution in [1.82, 2.24) is 10.6 Å². The number of carbonyl (C=O) groups excluding carboxylic acids is 1. The lowest BCUT2D eigenvalue weighted by Crippen LogP contribution is -2.42. The first-order chi connectivity index (χ1) is 9.24. The predicted octanol–water partition coefficient (Wildman–Crippen LogP) is 0.903. The Labute approximate surface area is 113 Å². The van der Waals surface area contributed by atoms with Crippen molar-refractivity contribution in [1.29, 1.82) is 0 Å². The highest BCUT2D eigenvalue weighted by atomic mass is 16.3. The number of nitrogens with one attached hydrogen (secondary N) is 2. The third-order valence-corrected chi connectivity index (χ3v) is 4.11. The van der Waals surface area contributed by atoms with Crippen molar-refractivity contribution in [3.8, 4) is 0 Å². The number of carbonyl (C=O) groups is 1. The lowest BCUT2D eigenvalue weighted by Gasteiger charge is -2.27. The fourth-order valence-electron chi connectivity index (χ4n) is 3.09. The van der Waals surface area contributed by atoms with Crippen LogP contribution in [-0.4, -0.2) is 29.7 Å². The Bertz CT molecular complexity index is 475. The summed E-state index contributed by atoms with van der Waals surface area (Å²) in [6.45, 7) is 0.513. The number of aliphatic hydroxyl groups excluding tert-OH is 1. The quantitative estimate of drug-likeness (QED) is 0.740. The summed E-state index contributed by atoms with van der Waals surface area (Å²) in [5.41, 5.74) is 2.60. The number of amides is 1. The van der Waals surface area contributed by atoms with Crippen molar-refractivity contribution in [3.05, 3.63) is 35.4 Å². The number of hydrogen-bond donors (Lipinski definition) is 3. The van der Waals surface area contributed by atoms with E-state index in [4.69, 9.17) is 0 Å². The second-order valence-corrected chi connectivity index (χ2v) is 5.50. The minimum absolute atomic E-state index is 0.0123. The second-order valence-electron chi connectivity index (χ2n) is 5.50. The van der Waals surface area contributed by atoms with Crippen molar-refractivity contribution in [3.63, 3.8) is 0 Å². The van der Waals surface area contributed by atoms with Gasteiger partial charge in [0.1, 0.15) is 0 Å². The smallest absolute Gasteiger partial charge is 0.237 e. The lowest BCUT2D eigenvalue weighted by atomic mass is 9.87. The first-order valence-corrected chi connectivity index (χ1v) is 7.03. The van der Waals surface area contributed by atoms with Crippen LogP contribution in [0.25, 0.3) is 0 Å². The zero-order valence-electron chi connectivity index (χ0n) is 10.9. The summed E-state index contributed by atoms with van der Waals surface area (Å²) < 4.78 is 0. The monoisotopic (exact) mass is 260 g/mol. The van der Waals surface area contributed by atoms with E-state index < -0.39 is 6.10 Å². The molecule has 3 rings (SSSR count). The molecule has 3 atom stereocenters.